The van der Waals surface area contributed by atoms with E-state index in [1.807, 2.05) is 6.92 Å². The average Bonchev–Trinajstić information content (AvgIpc) is 2.76. The van der Waals surface area contributed by atoms with Gasteiger partial charge in [-0.2, -0.15) is 0 Å². The molecule has 2 aromatic carbocycles. The highest BCUT2D eigenvalue weighted by molar-refractivity contribution is 6.37. The fourth-order valence-corrected chi connectivity index (χ4v) is 4.34. The summed E-state index contributed by atoms with van der Waals surface area (Å²) in [5.74, 6) is -0.872. The fourth-order valence-electron chi connectivity index (χ4n) is 3.74. The van der Waals surface area contributed by atoms with Gasteiger partial charge in [-0.05, 0) is 43.7 Å². The van der Waals surface area contributed by atoms with Crippen molar-refractivity contribution < 1.29 is 23.5 Å². The Kier molecular flexibility index (Phi) is 7.98. The third-order valence-corrected chi connectivity index (χ3v) is 6.06. The number of carbonyl (C=O) groups is 2. The number of piperazine rings is 1. The summed E-state index contributed by atoms with van der Waals surface area (Å²) >= 11 is 12.4. The van der Waals surface area contributed by atoms with E-state index in [0.717, 1.165) is 5.56 Å². The first-order valence-corrected chi connectivity index (χ1v) is 10.9. The van der Waals surface area contributed by atoms with E-state index < -0.39 is 5.97 Å². The van der Waals surface area contributed by atoms with Crippen molar-refractivity contribution in [2.45, 2.75) is 32.5 Å². The number of hydrogen-bond donors (Lipinski definition) is 0. The minimum Gasteiger partial charge on any atom is -0.481 e. The molecule has 3 rings (SSSR count). The molecule has 0 bridgehead atoms. The molecule has 1 aliphatic rings. The maximum Gasteiger partial charge on any atom is 0.337 e. The minimum absolute atomic E-state index is 0.0320. The van der Waals surface area contributed by atoms with E-state index in [1.165, 1.54) is 31.4 Å². The molecule has 2 unspecified atom stereocenters. The normalized spacial score (nSPS) is 19.0. The lowest BCUT2D eigenvalue weighted by Gasteiger charge is -2.44. The minimum atomic E-state index is -0.572. The van der Waals surface area contributed by atoms with E-state index in [-0.39, 0.29) is 51.8 Å². The molecule has 2 atom stereocenters. The van der Waals surface area contributed by atoms with Crippen molar-refractivity contribution in [1.82, 2.24) is 9.80 Å². The molecule has 0 aromatic heterocycles. The summed E-state index contributed by atoms with van der Waals surface area (Å²) < 4.78 is 23.4. The Balaban J connectivity index is 1.60. The van der Waals surface area contributed by atoms with Crippen molar-refractivity contribution in [3.8, 4) is 5.75 Å². The molecule has 6 nitrogen and oxygen atoms in total. The number of amides is 1. The molecule has 0 spiro atoms. The highest BCUT2D eigenvalue weighted by Crippen LogP contribution is 2.34. The molecular formula is C23H25Cl2FN2O4. The molecule has 1 amide bonds. The van der Waals surface area contributed by atoms with Crippen molar-refractivity contribution in [1.29, 1.82) is 0 Å². The standard InChI is InChI=1S/C23H25Cl2FN2O4/c1-14-11-28(15(2)10-27(14)12-16-4-6-18(26)7-5-16)21(29)13-32-22-19(24)8-17(9-20(22)25)23(30)31-3/h4-9,14-15H,10-13H2,1-3H3. The average molecular weight is 483 g/mol. The summed E-state index contributed by atoms with van der Waals surface area (Å²) in [6.45, 7) is 5.70. The third kappa shape index (κ3) is 5.71. The molecule has 1 saturated heterocycles. The van der Waals surface area contributed by atoms with Crippen LogP contribution in [0, 0.1) is 5.82 Å². The van der Waals surface area contributed by atoms with E-state index in [2.05, 4.69) is 16.6 Å². The van der Waals surface area contributed by atoms with Crippen molar-refractivity contribution in [2.24, 2.45) is 0 Å². The number of carbonyl (C=O) groups excluding carboxylic acids is 2. The van der Waals surface area contributed by atoms with Gasteiger partial charge in [0.25, 0.3) is 5.91 Å². The lowest BCUT2D eigenvalue weighted by molar-refractivity contribution is -0.139. The predicted octanol–water partition coefficient (Wildman–Crippen LogP) is 4.42. The van der Waals surface area contributed by atoms with Crippen LogP contribution in [0.4, 0.5) is 4.39 Å². The van der Waals surface area contributed by atoms with Crippen LogP contribution in [-0.4, -0.2) is 60.6 Å². The second-order valence-corrected chi connectivity index (χ2v) is 8.66. The highest BCUT2D eigenvalue weighted by atomic mass is 35.5. The second kappa shape index (κ2) is 10.5. The molecule has 32 heavy (non-hydrogen) atoms. The van der Waals surface area contributed by atoms with Gasteiger partial charge in [0, 0.05) is 31.7 Å². The second-order valence-electron chi connectivity index (χ2n) is 7.85. The van der Waals surface area contributed by atoms with Crippen LogP contribution in [0.15, 0.2) is 36.4 Å². The zero-order chi connectivity index (χ0) is 23.4. The Morgan fingerprint density at radius 2 is 1.69 bits per heavy atom. The van der Waals surface area contributed by atoms with Gasteiger partial charge in [0.15, 0.2) is 12.4 Å². The summed E-state index contributed by atoms with van der Waals surface area (Å²) in [6.07, 6.45) is 0. The Morgan fingerprint density at radius 3 is 2.28 bits per heavy atom. The van der Waals surface area contributed by atoms with Gasteiger partial charge in [-0.3, -0.25) is 9.69 Å². The number of nitrogens with zero attached hydrogens (tertiary/aromatic N) is 2. The number of halogens is 3. The smallest absolute Gasteiger partial charge is 0.337 e. The van der Waals surface area contributed by atoms with Gasteiger partial charge in [0.1, 0.15) is 5.82 Å². The Hall–Kier alpha value is -2.35. The van der Waals surface area contributed by atoms with Crippen molar-refractivity contribution in [3.63, 3.8) is 0 Å². The van der Waals surface area contributed by atoms with E-state index in [4.69, 9.17) is 27.9 Å². The Labute approximate surface area is 196 Å². The van der Waals surface area contributed by atoms with Crippen LogP contribution < -0.4 is 4.74 Å². The van der Waals surface area contributed by atoms with E-state index in [9.17, 15) is 14.0 Å². The molecule has 1 fully saturated rings. The van der Waals surface area contributed by atoms with Crippen molar-refractivity contribution >= 4 is 35.1 Å². The Morgan fingerprint density at radius 1 is 1.06 bits per heavy atom. The zero-order valence-electron chi connectivity index (χ0n) is 18.1. The molecule has 172 valence electrons. The van der Waals surface area contributed by atoms with Gasteiger partial charge in [-0.1, -0.05) is 35.3 Å². The van der Waals surface area contributed by atoms with E-state index in [1.54, 1.807) is 17.0 Å². The highest BCUT2D eigenvalue weighted by Gasteiger charge is 2.32. The largest absolute Gasteiger partial charge is 0.481 e. The molecular weight excluding hydrogens is 458 g/mol. The lowest BCUT2D eigenvalue weighted by Crippen LogP contribution is -2.58. The topological polar surface area (TPSA) is 59.1 Å². The first-order valence-electron chi connectivity index (χ1n) is 10.2. The van der Waals surface area contributed by atoms with Crippen LogP contribution in [0.5, 0.6) is 5.75 Å². The van der Waals surface area contributed by atoms with Crippen LogP contribution in [-0.2, 0) is 16.1 Å². The number of methoxy groups -OCH3 is 1. The van der Waals surface area contributed by atoms with Gasteiger partial charge in [-0.25, -0.2) is 9.18 Å². The number of rotatable bonds is 6. The SMILES string of the molecule is COC(=O)c1cc(Cl)c(OCC(=O)N2CC(C)N(Cc3ccc(F)cc3)CC2C)c(Cl)c1. The van der Waals surface area contributed by atoms with Gasteiger partial charge in [0.2, 0.25) is 0 Å². The molecule has 9 heteroatoms. The van der Waals surface area contributed by atoms with Gasteiger partial charge in [0.05, 0.1) is 22.7 Å². The maximum atomic E-state index is 13.2. The lowest BCUT2D eigenvalue weighted by atomic mass is 10.1. The quantitative estimate of drug-likeness (QED) is 0.570. The van der Waals surface area contributed by atoms with Crippen molar-refractivity contribution in [2.75, 3.05) is 26.8 Å². The first-order chi connectivity index (χ1) is 15.2. The summed E-state index contributed by atoms with van der Waals surface area (Å²) in [6, 6.07) is 9.31. The molecule has 0 saturated carbocycles. The van der Waals surface area contributed by atoms with Gasteiger partial charge in [-0.15, -0.1) is 0 Å². The Bertz CT molecular complexity index is 963. The summed E-state index contributed by atoms with van der Waals surface area (Å²) in [5.41, 5.74) is 1.22. The fraction of sp³-hybridized carbons (Fsp3) is 0.391. The van der Waals surface area contributed by atoms with Crippen LogP contribution in [0.2, 0.25) is 10.0 Å². The molecule has 1 aliphatic heterocycles. The van der Waals surface area contributed by atoms with E-state index >= 15 is 0 Å². The first kappa shape index (κ1) is 24.3. The third-order valence-electron chi connectivity index (χ3n) is 5.49. The monoisotopic (exact) mass is 482 g/mol. The molecule has 2 aromatic rings. The zero-order valence-corrected chi connectivity index (χ0v) is 19.6. The van der Waals surface area contributed by atoms with Gasteiger partial charge < -0.3 is 14.4 Å². The van der Waals surface area contributed by atoms with Crippen LogP contribution in [0.25, 0.3) is 0 Å². The molecule has 0 N–H and O–H groups in total. The number of esters is 1. The number of hydrogen-bond acceptors (Lipinski definition) is 5. The molecule has 0 aliphatic carbocycles. The predicted molar refractivity (Wildman–Crippen MR) is 121 cm³/mol. The van der Waals surface area contributed by atoms with Crippen LogP contribution in [0.1, 0.15) is 29.8 Å². The molecule has 1 heterocycles. The van der Waals surface area contributed by atoms with Gasteiger partial charge >= 0.3 is 5.97 Å². The summed E-state index contributed by atoms with van der Waals surface area (Å²) in [7, 11) is 1.26. The maximum absolute atomic E-state index is 13.2. The van der Waals surface area contributed by atoms with Crippen LogP contribution in [0.3, 0.4) is 0 Å². The number of ether oxygens (including phenoxy) is 2. The molecule has 0 radical (unpaired) electrons. The van der Waals surface area contributed by atoms with Crippen molar-refractivity contribution in [3.05, 3.63) is 63.4 Å². The van der Waals surface area contributed by atoms with E-state index in [0.29, 0.717) is 19.6 Å². The summed E-state index contributed by atoms with van der Waals surface area (Å²) in [4.78, 5) is 28.6. The van der Waals surface area contributed by atoms with Crippen LogP contribution >= 0.6 is 23.2 Å². The number of benzene rings is 2. The summed E-state index contributed by atoms with van der Waals surface area (Å²) in [5, 5.41) is 0.243.